The maximum atomic E-state index is 13.1. The lowest BCUT2D eigenvalue weighted by Crippen LogP contribution is -2.02. The Labute approximate surface area is 116 Å². The van der Waals surface area contributed by atoms with E-state index in [4.69, 9.17) is 16.9 Å². The van der Waals surface area contributed by atoms with E-state index in [-0.39, 0.29) is 5.82 Å². The standard InChI is InChI=1S/C15H12ClFN2/c1-10-2-5-13(17)7-15(10)19-9-12-4-3-11(8-18)6-14(12)16/h2-7,19H,9H2,1H3. The fraction of sp³-hybridized carbons (Fsp3) is 0.133. The molecule has 19 heavy (non-hydrogen) atoms. The third-order valence-electron chi connectivity index (χ3n) is 2.85. The lowest BCUT2D eigenvalue weighted by atomic mass is 10.1. The molecule has 96 valence electrons. The fourth-order valence-corrected chi connectivity index (χ4v) is 1.98. The molecule has 4 heteroatoms. The van der Waals surface area contributed by atoms with E-state index in [2.05, 4.69) is 5.32 Å². The Balaban J connectivity index is 2.15. The second kappa shape index (κ2) is 5.73. The van der Waals surface area contributed by atoms with Crippen molar-refractivity contribution >= 4 is 17.3 Å². The molecule has 0 aliphatic rings. The summed E-state index contributed by atoms with van der Waals surface area (Å²) in [5, 5.41) is 12.4. The number of nitriles is 1. The number of benzene rings is 2. The van der Waals surface area contributed by atoms with Crippen LogP contribution in [0.5, 0.6) is 0 Å². The number of halogens is 2. The minimum atomic E-state index is -0.279. The molecule has 2 rings (SSSR count). The van der Waals surface area contributed by atoms with Crippen molar-refractivity contribution in [3.05, 3.63) is 63.9 Å². The normalized spacial score (nSPS) is 10.0. The molecule has 0 saturated heterocycles. The van der Waals surface area contributed by atoms with Gasteiger partial charge in [0.25, 0.3) is 0 Å². The molecule has 0 amide bonds. The molecule has 2 nitrogen and oxygen atoms in total. The number of anilines is 1. The van der Waals surface area contributed by atoms with Gasteiger partial charge in [0.15, 0.2) is 0 Å². The molecule has 0 aliphatic carbocycles. The zero-order valence-electron chi connectivity index (χ0n) is 10.4. The number of nitrogens with zero attached hydrogens (tertiary/aromatic N) is 1. The number of nitrogens with one attached hydrogen (secondary N) is 1. The van der Waals surface area contributed by atoms with Crippen molar-refractivity contribution in [2.75, 3.05) is 5.32 Å². The summed E-state index contributed by atoms with van der Waals surface area (Å²) >= 11 is 6.08. The molecule has 0 heterocycles. The SMILES string of the molecule is Cc1ccc(F)cc1NCc1ccc(C#N)cc1Cl. The molecule has 0 aromatic heterocycles. The predicted octanol–water partition coefficient (Wildman–Crippen LogP) is 4.27. The molecule has 1 N–H and O–H groups in total. The van der Waals surface area contributed by atoms with Gasteiger partial charge in [-0.15, -0.1) is 0 Å². The number of aryl methyl sites for hydroxylation is 1. The molecule has 0 aliphatic heterocycles. The van der Waals surface area contributed by atoms with Gasteiger partial charge in [0.05, 0.1) is 11.6 Å². The Morgan fingerprint density at radius 1 is 1.26 bits per heavy atom. The smallest absolute Gasteiger partial charge is 0.125 e. The van der Waals surface area contributed by atoms with E-state index in [0.717, 1.165) is 16.8 Å². The monoisotopic (exact) mass is 274 g/mol. The van der Waals surface area contributed by atoms with E-state index in [1.54, 1.807) is 24.3 Å². The molecule has 2 aromatic rings. The maximum Gasteiger partial charge on any atom is 0.125 e. The largest absolute Gasteiger partial charge is 0.381 e. The summed E-state index contributed by atoms with van der Waals surface area (Å²) in [7, 11) is 0. The zero-order chi connectivity index (χ0) is 13.8. The summed E-state index contributed by atoms with van der Waals surface area (Å²) in [6, 6.07) is 11.8. The average molecular weight is 275 g/mol. The molecule has 2 aromatic carbocycles. The van der Waals surface area contributed by atoms with Gasteiger partial charge in [-0.05, 0) is 42.3 Å². The van der Waals surface area contributed by atoms with Crippen LogP contribution in [0.1, 0.15) is 16.7 Å². The number of rotatable bonds is 3. The third-order valence-corrected chi connectivity index (χ3v) is 3.20. The van der Waals surface area contributed by atoms with Gasteiger partial charge in [-0.3, -0.25) is 0 Å². The van der Waals surface area contributed by atoms with E-state index in [1.165, 1.54) is 12.1 Å². The third kappa shape index (κ3) is 3.24. The van der Waals surface area contributed by atoms with Crippen LogP contribution in [-0.4, -0.2) is 0 Å². The molecule has 0 spiro atoms. The first kappa shape index (κ1) is 13.4. The highest BCUT2D eigenvalue weighted by molar-refractivity contribution is 6.31. The van der Waals surface area contributed by atoms with Crippen molar-refractivity contribution in [2.45, 2.75) is 13.5 Å². The highest BCUT2D eigenvalue weighted by atomic mass is 35.5. The van der Waals surface area contributed by atoms with Crippen molar-refractivity contribution in [1.29, 1.82) is 5.26 Å². The predicted molar refractivity (Wildman–Crippen MR) is 74.6 cm³/mol. The molecular weight excluding hydrogens is 263 g/mol. The summed E-state index contributed by atoms with van der Waals surface area (Å²) in [5.41, 5.74) is 3.09. The molecular formula is C15H12ClFN2. The Kier molecular flexibility index (Phi) is 4.03. The topological polar surface area (TPSA) is 35.8 Å². The highest BCUT2D eigenvalue weighted by Crippen LogP contribution is 2.21. The van der Waals surface area contributed by atoms with Crippen molar-refractivity contribution in [2.24, 2.45) is 0 Å². The lowest BCUT2D eigenvalue weighted by Gasteiger charge is -2.11. The average Bonchev–Trinajstić information content (AvgIpc) is 2.40. The molecule has 0 saturated carbocycles. The highest BCUT2D eigenvalue weighted by Gasteiger charge is 2.04. The summed E-state index contributed by atoms with van der Waals surface area (Å²) in [6.07, 6.45) is 0. The molecule has 0 atom stereocenters. The van der Waals surface area contributed by atoms with Crippen molar-refractivity contribution in [1.82, 2.24) is 0 Å². The molecule has 0 bridgehead atoms. The minimum Gasteiger partial charge on any atom is -0.381 e. The van der Waals surface area contributed by atoms with Crippen LogP contribution in [-0.2, 0) is 6.54 Å². The van der Waals surface area contributed by atoms with Crippen LogP contribution in [0.2, 0.25) is 5.02 Å². The van der Waals surface area contributed by atoms with E-state index < -0.39 is 0 Å². The molecule has 0 unspecified atom stereocenters. The van der Waals surface area contributed by atoms with E-state index in [9.17, 15) is 4.39 Å². The van der Waals surface area contributed by atoms with Gasteiger partial charge in [-0.1, -0.05) is 23.7 Å². The van der Waals surface area contributed by atoms with E-state index in [0.29, 0.717) is 17.1 Å². The summed E-state index contributed by atoms with van der Waals surface area (Å²) in [4.78, 5) is 0. The Hall–Kier alpha value is -2.05. The van der Waals surface area contributed by atoms with Gasteiger partial charge < -0.3 is 5.32 Å². The Morgan fingerprint density at radius 2 is 2.05 bits per heavy atom. The van der Waals surface area contributed by atoms with Crippen LogP contribution in [0.3, 0.4) is 0 Å². The van der Waals surface area contributed by atoms with E-state index in [1.807, 2.05) is 13.0 Å². The van der Waals surface area contributed by atoms with Crippen LogP contribution in [0.4, 0.5) is 10.1 Å². The first-order valence-electron chi connectivity index (χ1n) is 5.78. The second-order valence-corrected chi connectivity index (χ2v) is 4.64. The summed E-state index contributed by atoms with van der Waals surface area (Å²) in [5.74, 6) is -0.279. The van der Waals surface area contributed by atoms with Crippen LogP contribution >= 0.6 is 11.6 Å². The van der Waals surface area contributed by atoms with Crippen LogP contribution in [0.15, 0.2) is 36.4 Å². The van der Waals surface area contributed by atoms with Crippen molar-refractivity contribution in [3.63, 3.8) is 0 Å². The van der Waals surface area contributed by atoms with Gasteiger partial charge >= 0.3 is 0 Å². The number of hydrogen-bond acceptors (Lipinski definition) is 2. The van der Waals surface area contributed by atoms with Crippen LogP contribution in [0, 0.1) is 24.1 Å². The van der Waals surface area contributed by atoms with Gasteiger partial charge in [0.1, 0.15) is 5.82 Å². The zero-order valence-corrected chi connectivity index (χ0v) is 11.1. The van der Waals surface area contributed by atoms with Gasteiger partial charge in [0, 0.05) is 17.3 Å². The van der Waals surface area contributed by atoms with Gasteiger partial charge in [-0.2, -0.15) is 5.26 Å². The lowest BCUT2D eigenvalue weighted by molar-refractivity contribution is 0.628. The molecule has 0 fully saturated rings. The minimum absolute atomic E-state index is 0.279. The van der Waals surface area contributed by atoms with Crippen molar-refractivity contribution < 1.29 is 4.39 Å². The summed E-state index contributed by atoms with van der Waals surface area (Å²) in [6.45, 7) is 2.39. The first-order chi connectivity index (χ1) is 9.10. The van der Waals surface area contributed by atoms with E-state index >= 15 is 0 Å². The van der Waals surface area contributed by atoms with Gasteiger partial charge in [0.2, 0.25) is 0 Å². The first-order valence-corrected chi connectivity index (χ1v) is 6.16. The quantitative estimate of drug-likeness (QED) is 0.907. The summed E-state index contributed by atoms with van der Waals surface area (Å²) < 4.78 is 13.1. The maximum absolute atomic E-state index is 13.1. The van der Waals surface area contributed by atoms with Crippen LogP contribution in [0.25, 0.3) is 0 Å². The fourth-order valence-electron chi connectivity index (χ4n) is 1.74. The Morgan fingerprint density at radius 3 is 2.74 bits per heavy atom. The van der Waals surface area contributed by atoms with Crippen LogP contribution < -0.4 is 5.32 Å². The number of hydrogen-bond donors (Lipinski definition) is 1. The van der Waals surface area contributed by atoms with Crippen molar-refractivity contribution in [3.8, 4) is 6.07 Å². The second-order valence-electron chi connectivity index (χ2n) is 4.23. The van der Waals surface area contributed by atoms with Gasteiger partial charge in [-0.25, -0.2) is 4.39 Å². The Bertz CT molecular complexity index is 647. The molecule has 0 radical (unpaired) electrons.